The van der Waals surface area contributed by atoms with Crippen LogP contribution in [0.5, 0.6) is 0 Å². The highest BCUT2D eigenvalue weighted by Gasteiger charge is 2.47. The summed E-state index contributed by atoms with van der Waals surface area (Å²) >= 11 is 1.57. The highest BCUT2D eigenvalue weighted by Crippen LogP contribution is 2.50. The molecule has 2 unspecified atom stereocenters. The molecule has 1 aliphatic carbocycles. The number of ketones is 1. The Bertz CT molecular complexity index is 993. The van der Waals surface area contributed by atoms with Gasteiger partial charge in [-0.2, -0.15) is 0 Å². The number of thiazole rings is 1. The fraction of sp³-hybridized carbons (Fsp3) is 0.679. The van der Waals surface area contributed by atoms with E-state index in [2.05, 4.69) is 18.0 Å². The van der Waals surface area contributed by atoms with Crippen LogP contribution in [0.4, 0.5) is 0 Å². The van der Waals surface area contributed by atoms with Gasteiger partial charge in [0, 0.05) is 17.7 Å². The Morgan fingerprint density at radius 1 is 1.20 bits per heavy atom. The minimum absolute atomic E-state index is 0.00272. The first-order valence-electron chi connectivity index (χ1n) is 12.7. The average molecular weight is 504 g/mol. The first-order valence-corrected chi connectivity index (χ1v) is 13.5. The molecule has 0 amide bonds. The number of hydrogen-bond donors (Lipinski definition) is 2. The van der Waals surface area contributed by atoms with Crippen molar-refractivity contribution in [2.75, 3.05) is 0 Å². The van der Waals surface area contributed by atoms with E-state index in [0.29, 0.717) is 18.3 Å². The van der Waals surface area contributed by atoms with Gasteiger partial charge < -0.3 is 14.9 Å². The molecule has 0 saturated heterocycles. The smallest absolute Gasteiger partial charge is 0.309 e. The number of allylic oxidation sites excluding steroid dienone is 1. The zero-order chi connectivity index (χ0) is 26.1. The Labute approximate surface area is 213 Å². The molecule has 1 aromatic rings. The second kappa shape index (κ2) is 11.1. The number of hydrogen-bond acceptors (Lipinski definition) is 7. The van der Waals surface area contributed by atoms with Crippen LogP contribution in [0.1, 0.15) is 77.9 Å². The fourth-order valence-corrected chi connectivity index (χ4v) is 5.86. The standard InChI is InChI=1S/C28H41NO5S/c1-15-8-9-23(16(2)11-21-14-35-19(5)29-21)34-25(31)13-24(30)28(6,7)27(33)18(4)26(32)17(3)22-12-20(22)10-15/h8,11,14,17-18,20,22-24,26,30,32H,9-10,12-13H2,1-7H3/b15-8-,16-11+/t17-,18+,20?,22?,23-,24-,26-/m0/s1. The summed E-state index contributed by atoms with van der Waals surface area (Å²) in [6.07, 6.45) is 3.83. The predicted molar refractivity (Wildman–Crippen MR) is 139 cm³/mol. The minimum Gasteiger partial charge on any atom is -0.457 e. The molecule has 0 radical (unpaired) electrons. The van der Waals surface area contributed by atoms with Gasteiger partial charge in [-0.1, -0.05) is 39.3 Å². The lowest BCUT2D eigenvalue weighted by molar-refractivity contribution is -0.154. The lowest BCUT2D eigenvalue weighted by atomic mass is 9.72. The molecule has 0 spiro atoms. The molecule has 1 aliphatic heterocycles. The number of esters is 1. The van der Waals surface area contributed by atoms with Gasteiger partial charge in [-0.25, -0.2) is 4.98 Å². The Morgan fingerprint density at radius 3 is 2.51 bits per heavy atom. The number of ether oxygens (including phenoxy) is 1. The van der Waals surface area contributed by atoms with Gasteiger partial charge in [-0.3, -0.25) is 9.59 Å². The van der Waals surface area contributed by atoms with E-state index in [-0.39, 0.29) is 18.1 Å². The molecule has 1 fully saturated rings. The van der Waals surface area contributed by atoms with E-state index < -0.39 is 35.6 Å². The van der Waals surface area contributed by atoms with Crippen molar-refractivity contribution in [1.29, 1.82) is 0 Å². The Balaban J connectivity index is 1.89. The number of carbonyl (C=O) groups is 2. The number of carbonyl (C=O) groups excluding carboxylic acids is 2. The van der Waals surface area contributed by atoms with Crippen molar-refractivity contribution in [2.24, 2.45) is 29.1 Å². The van der Waals surface area contributed by atoms with Crippen LogP contribution in [0.25, 0.3) is 6.08 Å². The van der Waals surface area contributed by atoms with Crippen LogP contribution in [-0.2, 0) is 14.3 Å². The van der Waals surface area contributed by atoms with E-state index in [1.165, 1.54) is 5.57 Å². The normalized spacial score (nSPS) is 36.7. The van der Waals surface area contributed by atoms with E-state index in [0.717, 1.165) is 29.1 Å². The van der Waals surface area contributed by atoms with E-state index in [1.807, 2.05) is 32.2 Å². The molecule has 2 heterocycles. The van der Waals surface area contributed by atoms with Crippen LogP contribution >= 0.6 is 11.3 Å². The van der Waals surface area contributed by atoms with Gasteiger partial charge in [-0.05, 0) is 63.0 Å². The van der Waals surface area contributed by atoms with E-state index in [1.54, 1.807) is 32.1 Å². The quantitative estimate of drug-likeness (QED) is 0.429. The molecule has 0 bridgehead atoms. The van der Waals surface area contributed by atoms with Gasteiger partial charge in [0.1, 0.15) is 11.9 Å². The van der Waals surface area contributed by atoms with Crippen LogP contribution < -0.4 is 0 Å². The van der Waals surface area contributed by atoms with Gasteiger partial charge in [0.15, 0.2) is 0 Å². The average Bonchev–Trinajstić information content (AvgIpc) is 3.43. The van der Waals surface area contributed by atoms with E-state index >= 15 is 0 Å². The Hall–Kier alpha value is -1.83. The molecule has 1 saturated carbocycles. The van der Waals surface area contributed by atoms with Gasteiger partial charge in [-0.15, -0.1) is 11.3 Å². The number of Topliss-reactive ketones (excluding diaryl/α,β-unsaturated/α-hetero) is 1. The maximum absolute atomic E-state index is 13.3. The summed E-state index contributed by atoms with van der Waals surface area (Å²) in [5.74, 6) is -0.544. The highest BCUT2D eigenvalue weighted by atomic mass is 32.1. The van der Waals surface area contributed by atoms with Crippen LogP contribution in [0.15, 0.2) is 22.6 Å². The molecule has 2 aliphatic rings. The minimum atomic E-state index is -1.21. The van der Waals surface area contributed by atoms with Crippen molar-refractivity contribution in [1.82, 2.24) is 4.98 Å². The van der Waals surface area contributed by atoms with Gasteiger partial charge >= 0.3 is 5.97 Å². The predicted octanol–water partition coefficient (Wildman–Crippen LogP) is 5.12. The first kappa shape index (κ1) is 27.8. The lowest BCUT2D eigenvalue weighted by Gasteiger charge is -2.34. The third-order valence-electron chi connectivity index (χ3n) is 8.00. The topological polar surface area (TPSA) is 96.7 Å². The van der Waals surface area contributed by atoms with Crippen molar-refractivity contribution < 1.29 is 24.5 Å². The molecule has 6 nitrogen and oxygen atoms in total. The Morgan fingerprint density at radius 2 is 1.89 bits per heavy atom. The summed E-state index contributed by atoms with van der Waals surface area (Å²) in [5.41, 5.74) is 1.76. The van der Waals surface area contributed by atoms with Crippen molar-refractivity contribution in [2.45, 2.75) is 92.5 Å². The number of fused-ring (bicyclic) bond motifs is 1. The maximum atomic E-state index is 13.3. The van der Waals surface area contributed by atoms with Crippen LogP contribution in [-0.4, -0.2) is 45.3 Å². The van der Waals surface area contributed by atoms with Crippen molar-refractivity contribution in [3.05, 3.63) is 33.3 Å². The molecular formula is C28H41NO5S. The lowest BCUT2D eigenvalue weighted by Crippen LogP contribution is -2.46. The second-order valence-electron chi connectivity index (χ2n) is 11.3. The molecule has 35 heavy (non-hydrogen) atoms. The number of aliphatic hydroxyl groups is 2. The van der Waals surface area contributed by atoms with E-state index in [4.69, 9.17) is 4.74 Å². The van der Waals surface area contributed by atoms with Gasteiger partial charge in [0.25, 0.3) is 0 Å². The molecule has 3 rings (SSSR count). The fourth-order valence-electron chi connectivity index (χ4n) is 5.29. The third kappa shape index (κ3) is 6.69. The molecule has 194 valence electrons. The number of rotatable bonds is 2. The number of nitrogens with zero attached hydrogens (tertiary/aromatic N) is 1. The number of cyclic esters (lactones) is 1. The number of aryl methyl sites for hydroxylation is 1. The zero-order valence-corrected chi connectivity index (χ0v) is 22.9. The van der Waals surface area contributed by atoms with Gasteiger partial charge in [0.05, 0.1) is 34.7 Å². The zero-order valence-electron chi connectivity index (χ0n) is 22.1. The first-order chi connectivity index (χ1) is 16.3. The number of aromatic nitrogens is 1. The summed E-state index contributed by atoms with van der Waals surface area (Å²) in [6, 6.07) is 0. The third-order valence-corrected chi connectivity index (χ3v) is 8.80. The maximum Gasteiger partial charge on any atom is 0.309 e. The van der Waals surface area contributed by atoms with E-state index in [9.17, 15) is 19.8 Å². The van der Waals surface area contributed by atoms with Crippen molar-refractivity contribution in [3.8, 4) is 0 Å². The molecule has 2 N–H and O–H groups in total. The van der Waals surface area contributed by atoms with Gasteiger partial charge in [0.2, 0.25) is 0 Å². The summed E-state index contributed by atoms with van der Waals surface area (Å²) < 4.78 is 5.84. The monoisotopic (exact) mass is 503 g/mol. The van der Waals surface area contributed by atoms with Crippen LogP contribution in [0.3, 0.4) is 0 Å². The molecule has 1 aromatic heterocycles. The summed E-state index contributed by atoms with van der Waals surface area (Å²) in [4.78, 5) is 30.7. The molecule has 7 atom stereocenters. The molecule has 0 aromatic carbocycles. The second-order valence-corrected chi connectivity index (χ2v) is 12.3. The highest BCUT2D eigenvalue weighted by molar-refractivity contribution is 7.09. The molecular weight excluding hydrogens is 462 g/mol. The Kier molecular flexibility index (Phi) is 8.77. The summed E-state index contributed by atoms with van der Waals surface area (Å²) in [6.45, 7) is 13.0. The van der Waals surface area contributed by atoms with Crippen LogP contribution in [0, 0.1) is 36.0 Å². The van der Waals surface area contributed by atoms with Crippen molar-refractivity contribution >= 4 is 29.2 Å². The summed E-state index contributed by atoms with van der Waals surface area (Å²) in [5, 5.41) is 24.8. The molecule has 7 heteroatoms. The largest absolute Gasteiger partial charge is 0.457 e. The summed E-state index contributed by atoms with van der Waals surface area (Å²) in [7, 11) is 0. The number of aliphatic hydroxyl groups excluding tert-OH is 2. The van der Waals surface area contributed by atoms with Crippen molar-refractivity contribution in [3.63, 3.8) is 0 Å². The SMILES string of the molecule is C/C1=C/C[C@@H](/C(C)=C/c2csc(C)n2)OC(=O)C[C@H](O)C(C)(C)C(=O)[C@H](C)[C@@H](O)[C@@H](C)C2CC2C1. The van der Waals surface area contributed by atoms with Crippen LogP contribution in [0.2, 0.25) is 0 Å².